The monoisotopic (exact) mass is 366 g/mol. The maximum absolute atomic E-state index is 12.8. The molecule has 142 valence electrons. The van der Waals surface area contributed by atoms with E-state index in [-0.39, 0.29) is 18.4 Å². The van der Waals surface area contributed by atoms with E-state index in [4.69, 9.17) is 4.74 Å². The number of methoxy groups -OCH3 is 1. The van der Waals surface area contributed by atoms with E-state index in [1.807, 2.05) is 41.3 Å². The van der Waals surface area contributed by atoms with Gasteiger partial charge in [-0.1, -0.05) is 42.5 Å². The van der Waals surface area contributed by atoms with E-state index in [1.54, 1.807) is 12.0 Å². The lowest BCUT2D eigenvalue weighted by Crippen LogP contribution is -2.44. The first-order valence-corrected chi connectivity index (χ1v) is 9.30. The van der Waals surface area contributed by atoms with Gasteiger partial charge in [0, 0.05) is 26.6 Å². The van der Waals surface area contributed by atoms with Crippen LogP contribution in [0.4, 0.5) is 0 Å². The van der Waals surface area contributed by atoms with Gasteiger partial charge in [0.2, 0.25) is 11.8 Å². The first-order chi connectivity index (χ1) is 13.1. The Morgan fingerprint density at radius 3 is 2.52 bits per heavy atom. The maximum Gasteiger partial charge on any atom is 0.242 e. The number of carbonyl (C=O) groups excluding carboxylic acids is 2. The molecule has 0 unspecified atom stereocenters. The van der Waals surface area contributed by atoms with E-state index in [2.05, 4.69) is 12.1 Å². The molecule has 3 rings (SSSR count). The van der Waals surface area contributed by atoms with Crippen LogP contribution in [0.3, 0.4) is 0 Å². The standard InChI is InChI=1S/C22H26N2O3/c1-17(25)23(13-12-19-8-5-6-10-21(19)27-2)16-22(26)24-14-11-18-7-3-4-9-20(18)15-24/h3-10H,11-16H2,1-2H3. The van der Waals surface area contributed by atoms with Crippen molar-refractivity contribution in [2.75, 3.05) is 26.7 Å². The lowest BCUT2D eigenvalue weighted by Gasteiger charge is -2.31. The van der Waals surface area contributed by atoms with Crippen molar-refractivity contribution in [2.24, 2.45) is 0 Å². The van der Waals surface area contributed by atoms with Crippen LogP contribution in [0.1, 0.15) is 23.6 Å². The molecule has 5 heteroatoms. The molecule has 1 aliphatic rings. The number of fused-ring (bicyclic) bond motifs is 1. The van der Waals surface area contributed by atoms with Crippen LogP contribution in [0.2, 0.25) is 0 Å². The summed E-state index contributed by atoms with van der Waals surface area (Å²) in [5.74, 6) is 0.718. The fourth-order valence-corrected chi connectivity index (χ4v) is 3.48. The normalized spacial score (nSPS) is 13.0. The van der Waals surface area contributed by atoms with E-state index in [9.17, 15) is 9.59 Å². The average Bonchev–Trinajstić information content (AvgIpc) is 2.70. The third-order valence-corrected chi connectivity index (χ3v) is 5.10. The lowest BCUT2D eigenvalue weighted by atomic mass is 10.00. The molecule has 1 heterocycles. The third-order valence-electron chi connectivity index (χ3n) is 5.10. The second-order valence-electron chi connectivity index (χ2n) is 6.84. The minimum absolute atomic E-state index is 0.000250. The number of hydrogen-bond donors (Lipinski definition) is 0. The SMILES string of the molecule is COc1ccccc1CCN(CC(=O)N1CCc2ccccc2C1)C(C)=O. The summed E-state index contributed by atoms with van der Waals surface area (Å²) in [6.07, 6.45) is 1.52. The number of benzene rings is 2. The molecule has 0 spiro atoms. The van der Waals surface area contributed by atoms with Crippen molar-refractivity contribution >= 4 is 11.8 Å². The zero-order valence-corrected chi connectivity index (χ0v) is 16.0. The van der Waals surface area contributed by atoms with Gasteiger partial charge >= 0.3 is 0 Å². The van der Waals surface area contributed by atoms with Crippen LogP contribution in [0.15, 0.2) is 48.5 Å². The van der Waals surface area contributed by atoms with Crippen molar-refractivity contribution in [3.8, 4) is 5.75 Å². The molecular weight excluding hydrogens is 340 g/mol. The second kappa shape index (κ2) is 8.71. The van der Waals surface area contributed by atoms with Gasteiger partial charge in [-0.25, -0.2) is 0 Å². The number of hydrogen-bond acceptors (Lipinski definition) is 3. The van der Waals surface area contributed by atoms with Crippen LogP contribution in [0.5, 0.6) is 5.75 Å². The van der Waals surface area contributed by atoms with Gasteiger partial charge in [-0.3, -0.25) is 9.59 Å². The summed E-state index contributed by atoms with van der Waals surface area (Å²) < 4.78 is 5.37. The van der Waals surface area contributed by atoms with Crippen molar-refractivity contribution in [3.05, 3.63) is 65.2 Å². The van der Waals surface area contributed by atoms with E-state index in [0.29, 0.717) is 26.1 Å². The van der Waals surface area contributed by atoms with Gasteiger partial charge in [-0.2, -0.15) is 0 Å². The van der Waals surface area contributed by atoms with Crippen molar-refractivity contribution in [1.29, 1.82) is 0 Å². The fourth-order valence-electron chi connectivity index (χ4n) is 3.48. The molecule has 2 aromatic carbocycles. The van der Waals surface area contributed by atoms with Gasteiger partial charge in [0.25, 0.3) is 0 Å². The summed E-state index contributed by atoms with van der Waals surface area (Å²) in [4.78, 5) is 28.3. The average molecular weight is 366 g/mol. The predicted molar refractivity (Wildman–Crippen MR) is 105 cm³/mol. The number of rotatable bonds is 6. The van der Waals surface area contributed by atoms with Gasteiger partial charge < -0.3 is 14.5 Å². The summed E-state index contributed by atoms with van der Waals surface area (Å²) in [7, 11) is 1.64. The molecule has 0 aromatic heterocycles. The molecule has 2 amide bonds. The lowest BCUT2D eigenvalue weighted by molar-refractivity contribution is -0.140. The van der Waals surface area contributed by atoms with Gasteiger partial charge in [0.15, 0.2) is 0 Å². The number of para-hydroxylation sites is 1. The Hall–Kier alpha value is -2.82. The van der Waals surface area contributed by atoms with Crippen molar-refractivity contribution in [2.45, 2.75) is 26.3 Å². The van der Waals surface area contributed by atoms with Crippen molar-refractivity contribution in [3.63, 3.8) is 0 Å². The fraction of sp³-hybridized carbons (Fsp3) is 0.364. The van der Waals surface area contributed by atoms with E-state index >= 15 is 0 Å². The molecule has 27 heavy (non-hydrogen) atoms. The second-order valence-corrected chi connectivity index (χ2v) is 6.84. The topological polar surface area (TPSA) is 49.9 Å². The zero-order valence-electron chi connectivity index (χ0n) is 16.0. The Bertz CT molecular complexity index is 819. The van der Waals surface area contributed by atoms with Gasteiger partial charge in [0.05, 0.1) is 13.7 Å². The Morgan fingerprint density at radius 2 is 1.78 bits per heavy atom. The van der Waals surface area contributed by atoms with Crippen LogP contribution < -0.4 is 4.74 Å². The van der Waals surface area contributed by atoms with Crippen molar-refractivity contribution < 1.29 is 14.3 Å². The zero-order chi connectivity index (χ0) is 19.2. The van der Waals surface area contributed by atoms with Crippen LogP contribution in [-0.2, 0) is 29.0 Å². The van der Waals surface area contributed by atoms with Crippen LogP contribution >= 0.6 is 0 Å². The summed E-state index contributed by atoms with van der Waals surface area (Å²) in [6.45, 7) is 3.45. The summed E-state index contributed by atoms with van der Waals surface area (Å²) in [6, 6.07) is 16.0. The molecule has 0 saturated heterocycles. The van der Waals surface area contributed by atoms with E-state index in [1.165, 1.54) is 18.1 Å². The molecule has 0 saturated carbocycles. The highest BCUT2D eigenvalue weighted by Crippen LogP contribution is 2.20. The molecule has 2 aromatic rings. The molecule has 0 radical (unpaired) electrons. The first kappa shape index (κ1) is 19.0. The number of amides is 2. The molecule has 0 atom stereocenters. The molecular formula is C22H26N2O3. The predicted octanol–water partition coefficient (Wildman–Crippen LogP) is 2.67. The minimum atomic E-state index is -0.0874. The Morgan fingerprint density at radius 1 is 1.07 bits per heavy atom. The van der Waals surface area contributed by atoms with Crippen molar-refractivity contribution in [1.82, 2.24) is 9.80 Å². The molecule has 0 fully saturated rings. The smallest absolute Gasteiger partial charge is 0.242 e. The molecule has 0 aliphatic carbocycles. The number of carbonyl (C=O) groups is 2. The van der Waals surface area contributed by atoms with Gasteiger partial charge in [-0.05, 0) is 35.6 Å². The van der Waals surface area contributed by atoms with Gasteiger partial charge in [0.1, 0.15) is 5.75 Å². The van der Waals surface area contributed by atoms with Crippen LogP contribution in [0, 0.1) is 0 Å². The Kier molecular flexibility index (Phi) is 6.12. The largest absolute Gasteiger partial charge is 0.496 e. The highest BCUT2D eigenvalue weighted by atomic mass is 16.5. The minimum Gasteiger partial charge on any atom is -0.496 e. The molecule has 1 aliphatic heterocycles. The van der Waals surface area contributed by atoms with Crippen LogP contribution in [-0.4, -0.2) is 48.4 Å². The van der Waals surface area contributed by atoms with E-state index < -0.39 is 0 Å². The highest BCUT2D eigenvalue weighted by Gasteiger charge is 2.23. The van der Waals surface area contributed by atoms with Gasteiger partial charge in [-0.15, -0.1) is 0 Å². The first-order valence-electron chi connectivity index (χ1n) is 9.30. The molecule has 5 nitrogen and oxygen atoms in total. The summed E-state index contributed by atoms with van der Waals surface area (Å²) in [5.41, 5.74) is 3.53. The number of ether oxygens (including phenoxy) is 1. The van der Waals surface area contributed by atoms with Crippen LogP contribution in [0.25, 0.3) is 0 Å². The quantitative estimate of drug-likeness (QED) is 0.790. The summed E-state index contributed by atoms with van der Waals surface area (Å²) >= 11 is 0. The highest BCUT2D eigenvalue weighted by molar-refractivity contribution is 5.84. The molecule has 0 bridgehead atoms. The maximum atomic E-state index is 12.8. The number of nitrogens with zero attached hydrogens (tertiary/aromatic N) is 2. The Balaban J connectivity index is 1.61. The Labute approximate surface area is 160 Å². The molecule has 0 N–H and O–H groups in total. The third kappa shape index (κ3) is 4.67. The van der Waals surface area contributed by atoms with E-state index in [0.717, 1.165) is 17.7 Å². The summed E-state index contributed by atoms with van der Waals surface area (Å²) in [5, 5.41) is 0.